The second-order valence-electron chi connectivity index (χ2n) is 13.5. The number of likely N-dealkylation sites (tertiary alicyclic amines) is 1. The number of aromatic nitrogens is 3. The summed E-state index contributed by atoms with van der Waals surface area (Å²) in [5, 5.41) is 19.4. The summed E-state index contributed by atoms with van der Waals surface area (Å²) in [6.45, 7) is 9.07. The van der Waals surface area contributed by atoms with Crippen LogP contribution in [0.5, 0.6) is 17.5 Å². The monoisotopic (exact) mass is 705 g/mol. The lowest BCUT2D eigenvalue weighted by Crippen LogP contribution is -2.60. The lowest BCUT2D eigenvalue weighted by Gasteiger charge is -2.39. The van der Waals surface area contributed by atoms with Crippen molar-refractivity contribution in [3.8, 4) is 17.5 Å². The molecule has 0 atom stereocenters. The molecule has 0 unspecified atom stereocenters. The summed E-state index contributed by atoms with van der Waals surface area (Å²) in [5.41, 5.74) is -0.571. The predicted octanol–water partition coefficient (Wildman–Crippen LogP) is 5.54. The van der Waals surface area contributed by atoms with Crippen LogP contribution in [-0.4, -0.2) is 87.0 Å². The van der Waals surface area contributed by atoms with Gasteiger partial charge in [0.25, 0.3) is 5.91 Å². The van der Waals surface area contributed by atoms with Gasteiger partial charge in [0.05, 0.1) is 25.4 Å². The van der Waals surface area contributed by atoms with Gasteiger partial charge in [0.1, 0.15) is 22.6 Å². The number of anilines is 3. The summed E-state index contributed by atoms with van der Waals surface area (Å²) in [6, 6.07) is 12.8. The quantitative estimate of drug-likeness (QED) is 0.259. The number of carboxylic acids is 1. The Kier molecular flexibility index (Phi) is 12.0. The molecule has 3 aliphatic heterocycles. The third kappa shape index (κ3) is 10.3. The number of fused-ring (bicyclic) bond motifs is 10. The smallest absolute Gasteiger partial charge is 0.410 e. The van der Waals surface area contributed by atoms with Gasteiger partial charge in [-0.15, -0.1) is 0 Å². The zero-order valence-electron chi connectivity index (χ0n) is 29.6. The molecule has 3 aromatic rings. The second kappa shape index (κ2) is 16.6. The minimum absolute atomic E-state index is 0.00933. The number of aliphatic carboxylic acids is 1. The number of hydrogen-bond acceptors (Lipinski definition) is 12. The van der Waals surface area contributed by atoms with Crippen molar-refractivity contribution in [3.05, 3.63) is 53.6 Å². The van der Waals surface area contributed by atoms with E-state index in [9.17, 15) is 19.5 Å². The predicted molar refractivity (Wildman–Crippen MR) is 189 cm³/mol. The molecule has 0 radical (unpaired) electrons. The fourth-order valence-electron chi connectivity index (χ4n) is 5.61. The van der Waals surface area contributed by atoms with Crippen molar-refractivity contribution in [2.75, 3.05) is 43.5 Å². The van der Waals surface area contributed by atoms with Gasteiger partial charge in [-0.3, -0.25) is 4.79 Å². The topological polar surface area (TPSA) is 186 Å². The summed E-state index contributed by atoms with van der Waals surface area (Å²) < 4.78 is 23.1. The SMILES string of the molecule is CCOc1nc2nc(n1)Nc1ccc(C(=O)NC3(C(=O)O)CCN(C(=O)OC(C)(C)C)CC3)c(c1)OCCCCCCOc1ccc(cc1)CN2. The van der Waals surface area contributed by atoms with Gasteiger partial charge < -0.3 is 44.9 Å². The minimum Gasteiger partial charge on any atom is -0.494 e. The van der Waals surface area contributed by atoms with E-state index in [0.717, 1.165) is 37.0 Å². The standard InChI is InChI=1S/C36H47N7O8/c1-5-48-33-40-31-37-23-24-10-13-26(14-11-24)49-20-8-6-7-9-21-50-28-22-25(38-32(39-31)41-33)12-15-27(28)29(44)42-36(30(45)46)16-18-43(19-17-36)34(47)51-35(2,3)4/h10-15,22H,5-9,16-21,23H2,1-4H3,(H,42,44)(H,45,46)(H2,37,38,39,40,41). The van der Waals surface area contributed by atoms with Crippen LogP contribution < -0.4 is 30.2 Å². The average Bonchev–Trinajstić information content (AvgIpc) is 3.08. The van der Waals surface area contributed by atoms with E-state index in [1.54, 1.807) is 39.0 Å². The molecule has 51 heavy (non-hydrogen) atoms. The van der Waals surface area contributed by atoms with E-state index < -0.39 is 29.1 Å². The molecule has 3 aliphatic rings. The normalized spacial score (nSPS) is 16.5. The molecule has 15 nitrogen and oxygen atoms in total. The highest BCUT2D eigenvalue weighted by atomic mass is 16.6. The number of benzene rings is 2. The zero-order valence-corrected chi connectivity index (χ0v) is 29.6. The highest BCUT2D eigenvalue weighted by Crippen LogP contribution is 2.30. The van der Waals surface area contributed by atoms with Crippen molar-refractivity contribution in [2.45, 2.75) is 83.9 Å². The Bertz CT molecular complexity index is 1670. The van der Waals surface area contributed by atoms with Crippen molar-refractivity contribution in [1.82, 2.24) is 25.2 Å². The van der Waals surface area contributed by atoms with Crippen molar-refractivity contribution in [3.63, 3.8) is 0 Å². The Morgan fingerprint density at radius 2 is 1.63 bits per heavy atom. The molecule has 6 bridgehead atoms. The summed E-state index contributed by atoms with van der Waals surface area (Å²) in [7, 11) is 0. The van der Waals surface area contributed by atoms with Crippen LogP contribution in [0.1, 0.15) is 82.1 Å². The number of piperidine rings is 1. The Balaban J connectivity index is 1.37. The minimum atomic E-state index is -1.58. The largest absolute Gasteiger partial charge is 0.494 e. The van der Waals surface area contributed by atoms with Crippen LogP contribution in [0.25, 0.3) is 0 Å². The first-order chi connectivity index (χ1) is 24.4. The second-order valence-corrected chi connectivity index (χ2v) is 13.5. The van der Waals surface area contributed by atoms with Crippen molar-refractivity contribution >= 4 is 35.6 Å². The molecular formula is C36H47N7O8. The molecule has 4 heterocycles. The lowest BCUT2D eigenvalue weighted by molar-refractivity contribution is -0.146. The Morgan fingerprint density at radius 3 is 2.29 bits per heavy atom. The van der Waals surface area contributed by atoms with Crippen LogP contribution >= 0.6 is 0 Å². The van der Waals surface area contributed by atoms with Gasteiger partial charge in [-0.05, 0) is 96.0 Å². The molecule has 1 aromatic heterocycles. The summed E-state index contributed by atoms with van der Waals surface area (Å²) in [4.78, 5) is 53.8. The van der Waals surface area contributed by atoms with E-state index in [0.29, 0.717) is 38.0 Å². The maximum absolute atomic E-state index is 13.8. The molecule has 15 heteroatoms. The first-order valence-electron chi connectivity index (χ1n) is 17.4. The summed E-state index contributed by atoms with van der Waals surface area (Å²) >= 11 is 0. The third-order valence-corrected chi connectivity index (χ3v) is 8.34. The van der Waals surface area contributed by atoms with Gasteiger partial charge in [0, 0.05) is 31.4 Å². The van der Waals surface area contributed by atoms with E-state index in [-0.39, 0.29) is 49.2 Å². The van der Waals surface area contributed by atoms with Gasteiger partial charge >= 0.3 is 18.1 Å². The van der Waals surface area contributed by atoms with Crippen LogP contribution in [0.15, 0.2) is 42.5 Å². The van der Waals surface area contributed by atoms with E-state index in [4.69, 9.17) is 18.9 Å². The fraction of sp³-hybridized carbons (Fsp3) is 0.500. The van der Waals surface area contributed by atoms with Crippen LogP contribution in [-0.2, 0) is 16.1 Å². The van der Waals surface area contributed by atoms with Gasteiger partial charge in [0.2, 0.25) is 11.9 Å². The third-order valence-electron chi connectivity index (χ3n) is 8.34. The van der Waals surface area contributed by atoms with E-state index in [1.165, 1.54) is 4.90 Å². The fourth-order valence-corrected chi connectivity index (χ4v) is 5.61. The van der Waals surface area contributed by atoms with Crippen LogP contribution in [0, 0.1) is 0 Å². The van der Waals surface area contributed by atoms with E-state index in [2.05, 4.69) is 30.9 Å². The van der Waals surface area contributed by atoms with Crippen molar-refractivity contribution < 1.29 is 38.4 Å². The number of nitrogens with one attached hydrogen (secondary N) is 3. The molecule has 1 saturated heterocycles. The molecule has 2 amide bonds. The van der Waals surface area contributed by atoms with Crippen molar-refractivity contribution in [2.24, 2.45) is 0 Å². The summed E-state index contributed by atoms with van der Waals surface area (Å²) in [6.07, 6.45) is 2.92. The number of ether oxygens (including phenoxy) is 4. The van der Waals surface area contributed by atoms with Gasteiger partial charge in [-0.1, -0.05) is 12.1 Å². The first-order valence-corrected chi connectivity index (χ1v) is 17.4. The van der Waals surface area contributed by atoms with Crippen LogP contribution in [0.3, 0.4) is 0 Å². The van der Waals surface area contributed by atoms with Crippen molar-refractivity contribution in [1.29, 1.82) is 0 Å². The molecule has 274 valence electrons. The van der Waals surface area contributed by atoms with E-state index >= 15 is 0 Å². The number of amides is 2. The number of nitrogens with zero attached hydrogens (tertiary/aromatic N) is 4. The van der Waals surface area contributed by atoms with Crippen LogP contribution in [0.2, 0.25) is 0 Å². The number of hydrogen-bond donors (Lipinski definition) is 4. The van der Waals surface area contributed by atoms with Gasteiger partial charge in [0.15, 0.2) is 0 Å². The highest BCUT2D eigenvalue weighted by Gasteiger charge is 2.45. The lowest BCUT2D eigenvalue weighted by atomic mass is 9.87. The highest BCUT2D eigenvalue weighted by molar-refractivity contribution is 6.00. The molecule has 1 fully saturated rings. The number of carbonyl (C=O) groups is 3. The Hall–Kier alpha value is -5.34. The molecule has 6 rings (SSSR count). The number of rotatable bonds is 5. The first kappa shape index (κ1) is 36.9. The number of carboxylic acid groups (broad SMARTS) is 1. The average molecular weight is 706 g/mol. The molecule has 2 aromatic carbocycles. The van der Waals surface area contributed by atoms with Gasteiger partial charge in [-0.2, -0.15) is 15.0 Å². The molecule has 4 N–H and O–H groups in total. The zero-order chi connectivity index (χ0) is 36.4. The maximum Gasteiger partial charge on any atom is 0.410 e. The summed E-state index contributed by atoms with van der Waals surface area (Å²) in [5.74, 6) is -0.231. The molecule has 0 aliphatic carbocycles. The van der Waals surface area contributed by atoms with Gasteiger partial charge in [-0.25, -0.2) is 9.59 Å². The van der Waals surface area contributed by atoms with Crippen LogP contribution in [0.4, 0.5) is 22.4 Å². The molecule has 0 saturated carbocycles. The molecule has 0 spiro atoms. The molecular weight excluding hydrogens is 658 g/mol. The number of carbonyl (C=O) groups excluding carboxylic acids is 2. The van der Waals surface area contributed by atoms with E-state index in [1.807, 2.05) is 31.2 Å². The maximum atomic E-state index is 13.8. The Morgan fingerprint density at radius 1 is 0.941 bits per heavy atom. The Labute approximate surface area is 297 Å².